The monoisotopic (exact) mass is 301 g/mol. The Kier molecular flexibility index (Phi) is 3.90. The van der Waals surface area contributed by atoms with Crippen molar-refractivity contribution in [2.45, 2.75) is 11.9 Å². The van der Waals surface area contributed by atoms with Crippen molar-refractivity contribution in [1.29, 1.82) is 0 Å². The molecule has 2 aromatic rings. The van der Waals surface area contributed by atoms with Crippen LogP contribution in [-0.2, 0) is 11.9 Å². The van der Waals surface area contributed by atoms with Crippen LogP contribution in [0.5, 0.6) is 5.75 Å². The van der Waals surface area contributed by atoms with Crippen LogP contribution in [0.15, 0.2) is 29.9 Å². The zero-order valence-corrected chi connectivity index (χ0v) is 10.7. The molecule has 1 aromatic heterocycles. The molecule has 84 valence electrons. The van der Waals surface area contributed by atoms with Crippen LogP contribution >= 0.6 is 27.3 Å². The first-order valence-corrected chi connectivity index (χ1v) is 6.64. The Hall–Kier alpha value is -0.940. The normalized spacial score (nSPS) is 10.4. The molecule has 5 heteroatoms. The molecule has 0 bridgehead atoms. The highest BCUT2D eigenvalue weighted by Gasteiger charge is 2.05. The molecular weight excluding hydrogens is 293 g/mol. The van der Waals surface area contributed by atoms with Crippen LogP contribution in [-0.4, -0.2) is 4.98 Å². The van der Waals surface area contributed by atoms with E-state index in [0.717, 1.165) is 10.4 Å². The Balaban J connectivity index is 2.04. The summed E-state index contributed by atoms with van der Waals surface area (Å²) in [4.78, 5) is 4.90. The summed E-state index contributed by atoms with van der Waals surface area (Å²) < 4.78 is 18.9. The first-order valence-electron chi connectivity index (χ1n) is 4.64. The third-order valence-electron chi connectivity index (χ3n) is 2.00. The predicted molar refractivity (Wildman–Crippen MR) is 65.5 cm³/mol. The summed E-state index contributed by atoms with van der Waals surface area (Å²) in [7, 11) is 0. The molecule has 16 heavy (non-hydrogen) atoms. The van der Waals surface area contributed by atoms with Crippen LogP contribution in [0.2, 0.25) is 0 Å². The second-order valence-corrected chi connectivity index (χ2v) is 4.69. The van der Waals surface area contributed by atoms with Crippen molar-refractivity contribution >= 4 is 27.3 Å². The van der Waals surface area contributed by atoms with Crippen molar-refractivity contribution in [3.05, 3.63) is 46.2 Å². The van der Waals surface area contributed by atoms with Gasteiger partial charge in [-0.05, 0) is 17.7 Å². The number of benzene rings is 1. The van der Waals surface area contributed by atoms with E-state index in [4.69, 9.17) is 4.74 Å². The maximum absolute atomic E-state index is 13.5. The summed E-state index contributed by atoms with van der Waals surface area (Å²) >= 11 is 4.76. The number of aromatic nitrogens is 1. The van der Waals surface area contributed by atoms with Crippen molar-refractivity contribution < 1.29 is 9.13 Å². The maximum atomic E-state index is 13.5. The van der Waals surface area contributed by atoms with Gasteiger partial charge in [0.15, 0.2) is 11.6 Å². The molecule has 0 atom stereocenters. The molecule has 0 saturated carbocycles. The van der Waals surface area contributed by atoms with E-state index < -0.39 is 0 Å². The number of alkyl halides is 1. The summed E-state index contributed by atoms with van der Waals surface area (Å²) in [6.45, 7) is 0.356. The highest BCUT2D eigenvalue weighted by Crippen LogP contribution is 2.21. The topological polar surface area (TPSA) is 22.1 Å². The van der Waals surface area contributed by atoms with Gasteiger partial charge in [-0.1, -0.05) is 22.0 Å². The largest absolute Gasteiger partial charge is 0.485 e. The minimum Gasteiger partial charge on any atom is -0.485 e. The van der Waals surface area contributed by atoms with Crippen LogP contribution in [0.3, 0.4) is 0 Å². The number of hydrogen-bond acceptors (Lipinski definition) is 3. The van der Waals surface area contributed by atoms with E-state index in [2.05, 4.69) is 20.9 Å². The van der Waals surface area contributed by atoms with Crippen LogP contribution in [0.1, 0.15) is 10.4 Å². The fourth-order valence-electron chi connectivity index (χ4n) is 1.21. The quantitative estimate of drug-likeness (QED) is 0.802. The standard InChI is InChI=1S/C11H9BrFNOS/c12-4-8-1-2-11(10(13)3-8)15-6-9-5-14-7-16-9/h1-3,5,7H,4,6H2. The van der Waals surface area contributed by atoms with Gasteiger partial charge >= 0.3 is 0 Å². The number of ether oxygens (including phenoxy) is 1. The third kappa shape index (κ3) is 2.80. The Bertz CT molecular complexity index is 461. The molecule has 0 fully saturated rings. The molecule has 2 rings (SSSR count). The van der Waals surface area contributed by atoms with E-state index in [-0.39, 0.29) is 11.6 Å². The average Bonchev–Trinajstić information content (AvgIpc) is 2.80. The van der Waals surface area contributed by atoms with Gasteiger partial charge in [-0.25, -0.2) is 4.39 Å². The molecule has 1 aromatic carbocycles. The van der Waals surface area contributed by atoms with E-state index in [1.165, 1.54) is 17.4 Å². The predicted octanol–water partition coefficient (Wildman–Crippen LogP) is 3.76. The summed E-state index contributed by atoms with van der Waals surface area (Å²) in [5.74, 6) is -0.0560. The van der Waals surface area contributed by atoms with Gasteiger partial charge < -0.3 is 4.74 Å². The van der Waals surface area contributed by atoms with E-state index in [9.17, 15) is 4.39 Å². The molecule has 0 amide bonds. The molecule has 2 nitrogen and oxygen atoms in total. The molecule has 0 unspecified atom stereocenters. The molecular formula is C11H9BrFNOS. The molecule has 0 aliphatic rings. The number of rotatable bonds is 4. The van der Waals surface area contributed by atoms with Gasteiger partial charge in [-0.15, -0.1) is 11.3 Å². The van der Waals surface area contributed by atoms with E-state index in [1.54, 1.807) is 17.8 Å². The van der Waals surface area contributed by atoms with Crippen LogP contribution < -0.4 is 4.74 Å². The lowest BCUT2D eigenvalue weighted by Gasteiger charge is -2.06. The van der Waals surface area contributed by atoms with E-state index >= 15 is 0 Å². The fourth-order valence-corrected chi connectivity index (χ4v) is 2.06. The van der Waals surface area contributed by atoms with Gasteiger partial charge in [0, 0.05) is 11.5 Å². The molecule has 0 spiro atoms. The van der Waals surface area contributed by atoms with E-state index in [1.807, 2.05) is 6.07 Å². The Morgan fingerprint density at radius 1 is 1.44 bits per heavy atom. The fraction of sp³-hybridized carbons (Fsp3) is 0.182. The summed E-state index contributed by atoms with van der Waals surface area (Å²) in [6.07, 6.45) is 1.72. The number of halogens is 2. The number of thiazole rings is 1. The SMILES string of the molecule is Fc1cc(CBr)ccc1OCc1cncs1. The van der Waals surface area contributed by atoms with Gasteiger partial charge in [-0.3, -0.25) is 4.98 Å². The van der Waals surface area contributed by atoms with Gasteiger partial charge in [0.1, 0.15) is 6.61 Å². The molecule has 0 aliphatic carbocycles. The lowest BCUT2D eigenvalue weighted by molar-refractivity contribution is 0.293. The summed E-state index contributed by atoms with van der Waals surface area (Å²) in [6, 6.07) is 4.95. The lowest BCUT2D eigenvalue weighted by Crippen LogP contribution is -1.96. The first kappa shape index (κ1) is 11.5. The van der Waals surface area contributed by atoms with Crippen molar-refractivity contribution in [3.63, 3.8) is 0 Å². The minimum absolute atomic E-state index is 0.276. The van der Waals surface area contributed by atoms with Gasteiger partial charge in [-0.2, -0.15) is 0 Å². The lowest BCUT2D eigenvalue weighted by atomic mass is 10.2. The van der Waals surface area contributed by atoms with Crippen LogP contribution in [0.25, 0.3) is 0 Å². The smallest absolute Gasteiger partial charge is 0.165 e. The second kappa shape index (κ2) is 5.41. The number of nitrogens with zero attached hydrogens (tertiary/aromatic N) is 1. The highest BCUT2D eigenvalue weighted by atomic mass is 79.9. The molecule has 0 saturated heterocycles. The van der Waals surface area contributed by atoms with E-state index in [0.29, 0.717) is 11.9 Å². The minimum atomic E-state index is -0.332. The van der Waals surface area contributed by atoms with Crippen molar-refractivity contribution in [1.82, 2.24) is 4.98 Å². The van der Waals surface area contributed by atoms with Gasteiger partial charge in [0.05, 0.1) is 10.4 Å². The molecule has 0 N–H and O–H groups in total. The van der Waals surface area contributed by atoms with Crippen molar-refractivity contribution in [2.24, 2.45) is 0 Å². The van der Waals surface area contributed by atoms with Crippen LogP contribution in [0, 0.1) is 5.82 Å². The second-order valence-electron chi connectivity index (χ2n) is 3.15. The van der Waals surface area contributed by atoms with Crippen molar-refractivity contribution in [2.75, 3.05) is 0 Å². The average molecular weight is 302 g/mol. The molecule has 0 aliphatic heterocycles. The third-order valence-corrected chi connectivity index (χ3v) is 3.40. The van der Waals surface area contributed by atoms with Gasteiger partial charge in [0.2, 0.25) is 0 Å². The summed E-state index contributed by atoms with van der Waals surface area (Å²) in [5, 5.41) is 0.638. The molecule has 0 radical (unpaired) electrons. The zero-order valence-electron chi connectivity index (χ0n) is 8.32. The van der Waals surface area contributed by atoms with Crippen molar-refractivity contribution in [3.8, 4) is 5.75 Å². The Morgan fingerprint density at radius 3 is 2.94 bits per heavy atom. The molecule has 1 heterocycles. The maximum Gasteiger partial charge on any atom is 0.165 e. The summed E-state index contributed by atoms with van der Waals surface area (Å²) in [5.41, 5.74) is 2.62. The Labute approximate surface area is 105 Å². The zero-order chi connectivity index (χ0) is 11.4. The Morgan fingerprint density at radius 2 is 2.31 bits per heavy atom. The highest BCUT2D eigenvalue weighted by molar-refractivity contribution is 9.08. The van der Waals surface area contributed by atoms with Gasteiger partial charge in [0.25, 0.3) is 0 Å². The first-order chi connectivity index (χ1) is 7.79. The van der Waals surface area contributed by atoms with Crippen LogP contribution in [0.4, 0.5) is 4.39 Å². The number of hydrogen-bond donors (Lipinski definition) is 0.